The van der Waals surface area contributed by atoms with E-state index in [4.69, 9.17) is 9.84 Å². The van der Waals surface area contributed by atoms with Crippen LogP contribution in [0, 0.1) is 5.82 Å². The van der Waals surface area contributed by atoms with Gasteiger partial charge in [-0.1, -0.05) is 0 Å². The summed E-state index contributed by atoms with van der Waals surface area (Å²) >= 11 is 1.19. The number of hydrogen-bond donors (Lipinski definition) is 1. The van der Waals surface area contributed by atoms with Crippen molar-refractivity contribution in [3.05, 3.63) is 23.6 Å². The Balaban J connectivity index is 2.66. The van der Waals surface area contributed by atoms with Crippen molar-refractivity contribution in [2.45, 2.75) is 11.4 Å². The third-order valence-electron chi connectivity index (χ3n) is 1.82. The van der Waals surface area contributed by atoms with E-state index in [2.05, 4.69) is 4.98 Å². The zero-order valence-electron chi connectivity index (χ0n) is 8.77. The highest BCUT2D eigenvalue weighted by Crippen LogP contribution is 2.22. The summed E-state index contributed by atoms with van der Waals surface area (Å²) in [7, 11) is 1.59. The normalized spacial score (nSPS) is 10.4. The molecule has 1 rings (SSSR count). The van der Waals surface area contributed by atoms with E-state index in [1.54, 1.807) is 7.11 Å². The van der Waals surface area contributed by atoms with Crippen molar-refractivity contribution in [3.63, 3.8) is 0 Å². The van der Waals surface area contributed by atoms with Gasteiger partial charge in [-0.15, -0.1) is 11.8 Å². The number of pyridine rings is 1. The topological polar surface area (TPSA) is 59.4 Å². The maximum Gasteiger partial charge on any atom is 0.338 e. The van der Waals surface area contributed by atoms with Crippen LogP contribution in [0.3, 0.4) is 0 Å². The van der Waals surface area contributed by atoms with Gasteiger partial charge in [0.05, 0.1) is 5.56 Å². The number of carboxylic acid groups (broad SMARTS) is 1. The molecular weight excluding hydrogens is 233 g/mol. The maximum atomic E-state index is 13.5. The number of hydrogen-bond acceptors (Lipinski definition) is 4. The molecule has 1 aromatic heterocycles. The molecule has 0 fully saturated rings. The lowest BCUT2D eigenvalue weighted by Crippen LogP contribution is -2.03. The van der Waals surface area contributed by atoms with E-state index in [1.807, 2.05) is 0 Å². The molecule has 4 nitrogen and oxygen atoms in total. The summed E-state index contributed by atoms with van der Waals surface area (Å²) in [6, 6.07) is 1.15. The third kappa shape index (κ3) is 3.46. The molecule has 88 valence electrons. The summed E-state index contributed by atoms with van der Waals surface area (Å²) in [6.45, 7) is 0.591. The Kier molecular flexibility index (Phi) is 5.21. The molecule has 0 aromatic carbocycles. The summed E-state index contributed by atoms with van der Waals surface area (Å²) in [5.41, 5.74) is -0.343. The van der Waals surface area contributed by atoms with Crippen LogP contribution in [0.1, 0.15) is 16.8 Å². The van der Waals surface area contributed by atoms with E-state index in [9.17, 15) is 9.18 Å². The second-order valence-corrected chi connectivity index (χ2v) is 4.06. The van der Waals surface area contributed by atoms with Gasteiger partial charge >= 0.3 is 5.97 Å². The smallest absolute Gasteiger partial charge is 0.338 e. The van der Waals surface area contributed by atoms with Crippen LogP contribution in [-0.4, -0.2) is 35.5 Å². The second-order valence-electron chi connectivity index (χ2n) is 2.98. The van der Waals surface area contributed by atoms with Crippen molar-refractivity contribution >= 4 is 17.7 Å². The molecule has 0 saturated heterocycles. The number of carbonyl (C=O) groups is 1. The molecule has 1 heterocycles. The number of carboxylic acids is 1. The maximum absolute atomic E-state index is 13.5. The fraction of sp³-hybridized carbons (Fsp3) is 0.400. The molecule has 0 amide bonds. The van der Waals surface area contributed by atoms with Gasteiger partial charge in [-0.05, 0) is 12.5 Å². The minimum atomic E-state index is -1.28. The van der Waals surface area contributed by atoms with Gasteiger partial charge in [0.2, 0.25) is 0 Å². The molecule has 6 heteroatoms. The number of halogens is 1. The first-order valence-electron chi connectivity index (χ1n) is 4.66. The second kappa shape index (κ2) is 6.44. The molecule has 0 bridgehead atoms. The molecule has 16 heavy (non-hydrogen) atoms. The van der Waals surface area contributed by atoms with Crippen LogP contribution in [-0.2, 0) is 4.74 Å². The number of thioether (sulfide) groups is 1. The molecule has 0 spiro atoms. The van der Waals surface area contributed by atoms with Gasteiger partial charge < -0.3 is 9.84 Å². The lowest BCUT2D eigenvalue weighted by Gasteiger charge is -2.03. The number of aromatic nitrogens is 1. The van der Waals surface area contributed by atoms with Crippen LogP contribution >= 0.6 is 11.8 Å². The van der Waals surface area contributed by atoms with Crippen molar-refractivity contribution < 1.29 is 19.0 Å². The van der Waals surface area contributed by atoms with Crippen LogP contribution in [0.25, 0.3) is 0 Å². The number of rotatable bonds is 6. The summed E-state index contributed by atoms with van der Waals surface area (Å²) in [4.78, 5) is 14.5. The molecule has 1 aromatic rings. The fourth-order valence-corrected chi connectivity index (χ4v) is 1.89. The highest BCUT2D eigenvalue weighted by atomic mass is 32.2. The van der Waals surface area contributed by atoms with Gasteiger partial charge in [-0.2, -0.15) is 0 Å². The van der Waals surface area contributed by atoms with E-state index in [0.717, 1.165) is 12.5 Å². The van der Waals surface area contributed by atoms with Crippen molar-refractivity contribution in [1.82, 2.24) is 4.98 Å². The summed E-state index contributed by atoms with van der Waals surface area (Å²) < 4.78 is 18.4. The highest BCUT2D eigenvalue weighted by Gasteiger charge is 2.14. The lowest BCUT2D eigenvalue weighted by atomic mass is 10.3. The van der Waals surface area contributed by atoms with Crippen molar-refractivity contribution in [1.29, 1.82) is 0 Å². The largest absolute Gasteiger partial charge is 0.478 e. The monoisotopic (exact) mass is 245 g/mol. The first kappa shape index (κ1) is 12.9. The number of methoxy groups -OCH3 is 1. The fourth-order valence-electron chi connectivity index (χ4n) is 1.06. The van der Waals surface area contributed by atoms with Crippen LogP contribution in [0.15, 0.2) is 17.3 Å². The minimum Gasteiger partial charge on any atom is -0.478 e. The minimum absolute atomic E-state index is 0.121. The molecule has 0 saturated carbocycles. The Morgan fingerprint density at radius 2 is 2.44 bits per heavy atom. The SMILES string of the molecule is COCCCSc1nccc(C(=O)O)c1F. The first-order valence-corrected chi connectivity index (χ1v) is 5.65. The van der Waals surface area contributed by atoms with Gasteiger partial charge in [0.15, 0.2) is 5.82 Å². The molecule has 1 N–H and O–H groups in total. The number of ether oxygens (including phenoxy) is 1. The highest BCUT2D eigenvalue weighted by molar-refractivity contribution is 7.99. The zero-order chi connectivity index (χ0) is 12.0. The van der Waals surface area contributed by atoms with Crippen LogP contribution < -0.4 is 0 Å². The van der Waals surface area contributed by atoms with Crippen molar-refractivity contribution in [3.8, 4) is 0 Å². The van der Waals surface area contributed by atoms with Gasteiger partial charge in [-0.25, -0.2) is 14.2 Å². The summed E-state index contributed by atoms with van der Waals surface area (Å²) in [5.74, 6) is -1.41. The van der Waals surface area contributed by atoms with E-state index in [1.165, 1.54) is 18.0 Å². The molecular formula is C10H12FNO3S. The first-order chi connectivity index (χ1) is 7.66. The molecule has 0 radical (unpaired) electrons. The van der Waals surface area contributed by atoms with Crippen molar-refractivity contribution in [2.75, 3.05) is 19.5 Å². The Bertz CT molecular complexity index is 373. The van der Waals surface area contributed by atoms with Crippen LogP contribution in [0.5, 0.6) is 0 Å². The zero-order valence-corrected chi connectivity index (χ0v) is 9.59. The van der Waals surface area contributed by atoms with E-state index in [-0.39, 0.29) is 10.6 Å². The van der Waals surface area contributed by atoms with Crippen molar-refractivity contribution in [2.24, 2.45) is 0 Å². The Morgan fingerprint density at radius 3 is 3.06 bits per heavy atom. The standard InChI is InChI=1S/C10H12FNO3S/c1-15-5-2-6-16-9-8(11)7(10(13)14)3-4-12-9/h3-4H,2,5-6H2,1H3,(H,13,14). The Labute approximate surface area is 96.8 Å². The average molecular weight is 245 g/mol. The van der Waals surface area contributed by atoms with E-state index < -0.39 is 11.8 Å². The van der Waals surface area contributed by atoms with Crippen LogP contribution in [0.2, 0.25) is 0 Å². The quantitative estimate of drug-likeness (QED) is 0.614. The third-order valence-corrected chi connectivity index (χ3v) is 2.87. The molecule has 0 atom stereocenters. The Morgan fingerprint density at radius 1 is 1.69 bits per heavy atom. The Hall–Kier alpha value is -1.14. The van der Waals surface area contributed by atoms with Crippen LogP contribution in [0.4, 0.5) is 4.39 Å². The predicted octanol–water partition coefficient (Wildman–Crippen LogP) is 2.05. The predicted molar refractivity (Wildman–Crippen MR) is 58.4 cm³/mol. The van der Waals surface area contributed by atoms with Gasteiger partial charge in [0.25, 0.3) is 0 Å². The lowest BCUT2D eigenvalue weighted by molar-refractivity contribution is 0.0691. The van der Waals surface area contributed by atoms with E-state index >= 15 is 0 Å². The van der Waals surface area contributed by atoms with Gasteiger partial charge in [-0.3, -0.25) is 0 Å². The number of nitrogens with zero attached hydrogens (tertiary/aromatic N) is 1. The summed E-state index contributed by atoms with van der Waals surface area (Å²) in [6.07, 6.45) is 2.06. The molecule has 0 aliphatic carbocycles. The molecule has 0 unspecified atom stereocenters. The molecule has 0 aliphatic rings. The number of aromatic carboxylic acids is 1. The van der Waals surface area contributed by atoms with E-state index in [0.29, 0.717) is 12.4 Å². The average Bonchev–Trinajstić information content (AvgIpc) is 2.26. The van der Waals surface area contributed by atoms with Gasteiger partial charge in [0.1, 0.15) is 5.03 Å². The van der Waals surface area contributed by atoms with Gasteiger partial charge in [0, 0.05) is 25.7 Å². The summed E-state index contributed by atoms with van der Waals surface area (Å²) in [5, 5.41) is 8.82. The molecule has 0 aliphatic heterocycles.